The van der Waals surface area contributed by atoms with Crippen LogP contribution in [-0.2, 0) is 0 Å². The molecule has 0 spiro atoms. The molecule has 2 bridgehead atoms. The normalized spacial score (nSPS) is 33.2. The Morgan fingerprint density at radius 1 is 1.29 bits per heavy atom. The molecular formula is C15H23ClN4O. The lowest BCUT2D eigenvalue weighted by molar-refractivity contribution is 0.154. The summed E-state index contributed by atoms with van der Waals surface area (Å²) in [6, 6.07) is 0.628. The third-order valence-electron chi connectivity index (χ3n) is 5.40. The van der Waals surface area contributed by atoms with Crippen molar-refractivity contribution in [3.63, 3.8) is 0 Å². The van der Waals surface area contributed by atoms with Gasteiger partial charge in [-0.25, -0.2) is 0 Å². The Hall–Kier alpha value is -1.10. The molecule has 3 atom stereocenters. The Morgan fingerprint density at radius 2 is 2.05 bits per heavy atom. The summed E-state index contributed by atoms with van der Waals surface area (Å²) in [4.78, 5) is 12.5. The minimum absolute atomic E-state index is 0.169. The maximum atomic E-state index is 5.97. The first-order valence-electron chi connectivity index (χ1n) is 7.66. The average molecular weight is 311 g/mol. The van der Waals surface area contributed by atoms with E-state index in [1.807, 2.05) is 6.92 Å². The van der Waals surface area contributed by atoms with Crippen molar-refractivity contribution in [2.45, 2.75) is 53.0 Å². The maximum absolute atomic E-state index is 5.97. The first-order chi connectivity index (χ1) is 9.85. The lowest BCUT2D eigenvalue weighted by Gasteiger charge is -2.43. The third-order valence-corrected chi connectivity index (χ3v) is 5.57. The van der Waals surface area contributed by atoms with Crippen molar-refractivity contribution < 1.29 is 4.74 Å². The number of halogens is 1. The third kappa shape index (κ3) is 2.45. The number of hydrogen-bond donors (Lipinski definition) is 1. The van der Waals surface area contributed by atoms with Gasteiger partial charge in [0.2, 0.25) is 11.2 Å². The molecule has 2 fully saturated rings. The molecule has 1 aromatic heterocycles. The molecule has 21 heavy (non-hydrogen) atoms. The Kier molecular flexibility index (Phi) is 3.51. The second-order valence-corrected chi connectivity index (χ2v) is 7.47. The van der Waals surface area contributed by atoms with Gasteiger partial charge in [0.15, 0.2) is 0 Å². The van der Waals surface area contributed by atoms with E-state index >= 15 is 0 Å². The summed E-state index contributed by atoms with van der Waals surface area (Å²) in [6.45, 7) is 9.45. The summed E-state index contributed by atoms with van der Waals surface area (Å²) in [7, 11) is 0. The highest BCUT2D eigenvalue weighted by molar-refractivity contribution is 6.28. The van der Waals surface area contributed by atoms with E-state index in [4.69, 9.17) is 16.3 Å². The number of nitrogens with one attached hydrogen (secondary N) is 1. The van der Waals surface area contributed by atoms with E-state index in [1.54, 1.807) is 0 Å². The van der Waals surface area contributed by atoms with E-state index in [0.29, 0.717) is 24.0 Å². The second-order valence-electron chi connectivity index (χ2n) is 7.14. The van der Waals surface area contributed by atoms with Gasteiger partial charge >= 0.3 is 6.01 Å². The van der Waals surface area contributed by atoms with Crippen LogP contribution in [0.25, 0.3) is 0 Å². The maximum Gasteiger partial charge on any atom is 0.322 e. The standard InChI is InChI=1S/C15H23ClN4O/c1-5-21-13-19-11(16)18-12(20-13)17-10-14(2,3)9-6-7-15(10,4)8-9/h9-10H,5-8H2,1-4H3,(H,17,18,19,20). The summed E-state index contributed by atoms with van der Waals surface area (Å²) in [5, 5.41) is 3.68. The van der Waals surface area contributed by atoms with Crippen LogP contribution in [0.2, 0.25) is 5.28 Å². The zero-order chi connectivity index (χ0) is 15.3. The quantitative estimate of drug-likeness (QED) is 0.921. The minimum Gasteiger partial charge on any atom is -0.464 e. The van der Waals surface area contributed by atoms with E-state index in [2.05, 4.69) is 41.0 Å². The van der Waals surface area contributed by atoms with Crippen molar-refractivity contribution in [3.05, 3.63) is 5.28 Å². The van der Waals surface area contributed by atoms with Crippen LogP contribution in [0.3, 0.4) is 0 Å². The molecule has 1 aromatic rings. The number of fused-ring (bicyclic) bond motifs is 2. The van der Waals surface area contributed by atoms with Crippen LogP contribution >= 0.6 is 11.6 Å². The Morgan fingerprint density at radius 3 is 2.67 bits per heavy atom. The highest BCUT2D eigenvalue weighted by Crippen LogP contribution is 2.62. The first kappa shape index (κ1) is 14.8. The van der Waals surface area contributed by atoms with Crippen LogP contribution in [0.4, 0.5) is 5.95 Å². The minimum atomic E-state index is 0.169. The number of ether oxygens (including phenoxy) is 1. The SMILES string of the molecule is CCOc1nc(Cl)nc(NC2C3(C)CCC(C3)C2(C)C)n1. The molecule has 0 saturated heterocycles. The lowest BCUT2D eigenvalue weighted by atomic mass is 9.68. The van der Waals surface area contributed by atoms with Crippen LogP contribution < -0.4 is 10.1 Å². The molecule has 3 rings (SSSR count). The van der Waals surface area contributed by atoms with Gasteiger partial charge in [-0.2, -0.15) is 15.0 Å². The molecule has 5 nitrogen and oxygen atoms in total. The molecule has 2 aliphatic carbocycles. The van der Waals surface area contributed by atoms with E-state index in [0.717, 1.165) is 5.92 Å². The number of aromatic nitrogens is 3. The van der Waals surface area contributed by atoms with E-state index in [-0.39, 0.29) is 16.7 Å². The molecule has 116 valence electrons. The van der Waals surface area contributed by atoms with Gasteiger partial charge in [-0.05, 0) is 54.5 Å². The molecule has 1 N–H and O–H groups in total. The van der Waals surface area contributed by atoms with Gasteiger partial charge in [0.25, 0.3) is 0 Å². The van der Waals surface area contributed by atoms with Crippen LogP contribution in [0.15, 0.2) is 0 Å². The number of rotatable bonds is 4. The van der Waals surface area contributed by atoms with Crippen LogP contribution in [-0.4, -0.2) is 27.6 Å². The summed E-state index contributed by atoms with van der Waals surface area (Å²) in [6.07, 6.45) is 3.86. The molecule has 2 saturated carbocycles. The number of nitrogens with zero attached hydrogens (tertiary/aromatic N) is 3. The largest absolute Gasteiger partial charge is 0.464 e. The van der Waals surface area contributed by atoms with E-state index in [1.165, 1.54) is 19.3 Å². The van der Waals surface area contributed by atoms with Crippen LogP contribution in [0.5, 0.6) is 6.01 Å². The second kappa shape index (κ2) is 4.97. The monoisotopic (exact) mass is 310 g/mol. The Labute approximate surface area is 130 Å². The highest BCUT2D eigenvalue weighted by atomic mass is 35.5. The molecule has 0 aliphatic heterocycles. The number of hydrogen-bond acceptors (Lipinski definition) is 5. The fraction of sp³-hybridized carbons (Fsp3) is 0.800. The molecule has 0 amide bonds. The Bertz CT molecular complexity index is 546. The van der Waals surface area contributed by atoms with Gasteiger partial charge in [0.05, 0.1) is 6.61 Å². The number of anilines is 1. The van der Waals surface area contributed by atoms with Gasteiger partial charge in [0.1, 0.15) is 0 Å². The molecule has 2 aliphatic rings. The lowest BCUT2D eigenvalue weighted by Crippen LogP contribution is -2.46. The molecule has 0 radical (unpaired) electrons. The van der Waals surface area contributed by atoms with E-state index < -0.39 is 0 Å². The predicted molar refractivity (Wildman–Crippen MR) is 82.6 cm³/mol. The van der Waals surface area contributed by atoms with E-state index in [9.17, 15) is 0 Å². The molecule has 0 aromatic carbocycles. The zero-order valence-corrected chi connectivity index (χ0v) is 13.9. The summed E-state index contributed by atoms with van der Waals surface area (Å²) >= 11 is 5.97. The highest BCUT2D eigenvalue weighted by Gasteiger charge is 2.59. The fourth-order valence-electron chi connectivity index (χ4n) is 4.38. The smallest absolute Gasteiger partial charge is 0.322 e. The van der Waals surface area contributed by atoms with Gasteiger partial charge in [-0.1, -0.05) is 20.8 Å². The molecule has 1 heterocycles. The summed E-state index contributed by atoms with van der Waals surface area (Å²) < 4.78 is 5.34. The van der Waals surface area contributed by atoms with Gasteiger partial charge < -0.3 is 10.1 Å². The predicted octanol–water partition coefficient (Wildman–Crippen LogP) is 3.55. The van der Waals surface area contributed by atoms with Crippen LogP contribution in [0.1, 0.15) is 47.0 Å². The summed E-state index contributed by atoms with van der Waals surface area (Å²) in [5.41, 5.74) is 0.539. The zero-order valence-electron chi connectivity index (χ0n) is 13.1. The van der Waals surface area contributed by atoms with Gasteiger partial charge in [-0.15, -0.1) is 0 Å². The van der Waals surface area contributed by atoms with Crippen LogP contribution in [0, 0.1) is 16.7 Å². The van der Waals surface area contributed by atoms with Gasteiger partial charge in [-0.3, -0.25) is 0 Å². The fourth-order valence-corrected chi connectivity index (χ4v) is 4.53. The average Bonchev–Trinajstić information content (AvgIpc) is 2.86. The van der Waals surface area contributed by atoms with Gasteiger partial charge in [0, 0.05) is 6.04 Å². The van der Waals surface area contributed by atoms with Crippen molar-refractivity contribution in [2.24, 2.45) is 16.7 Å². The molecule has 3 unspecified atom stereocenters. The van der Waals surface area contributed by atoms with Crippen molar-refractivity contribution in [2.75, 3.05) is 11.9 Å². The summed E-state index contributed by atoms with van der Waals surface area (Å²) in [5.74, 6) is 1.29. The first-order valence-corrected chi connectivity index (χ1v) is 8.04. The van der Waals surface area contributed by atoms with Crippen molar-refractivity contribution in [3.8, 4) is 6.01 Å². The topological polar surface area (TPSA) is 59.9 Å². The Balaban J connectivity index is 1.86. The molecule has 6 heteroatoms. The molecular weight excluding hydrogens is 288 g/mol. The van der Waals surface area contributed by atoms with Crippen molar-refractivity contribution >= 4 is 17.5 Å². The van der Waals surface area contributed by atoms with Crippen molar-refractivity contribution in [1.29, 1.82) is 0 Å². The van der Waals surface area contributed by atoms with Crippen molar-refractivity contribution in [1.82, 2.24) is 15.0 Å².